The molecule has 0 bridgehead atoms. The van der Waals surface area contributed by atoms with Gasteiger partial charge in [0.25, 0.3) is 0 Å². The van der Waals surface area contributed by atoms with Crippen molar-refractivity contribution in [2.45, 2.75) is 38.1 Å². The number of carbonyl (C=O) groups is 1. The van der Waals surface area contributed by atoms with E-state index in [1.807, 2.05) is 18.2 Å². The number of nitrogens with one attached hydrogen (secondary N) is 2. The molecule has 0 aliphatic carbocycles. The van der Waals surface area contributed by atoms with Crippen LogP contribution in [0, 0.1) is 0 Å². The maximum Gasteiger partial charge on any atom is 0.224 e. The third kappa shape index (κ3) is 4.89. The zero-order valence-corrected chi connectivity index (χ0v) is 13.9. The Hall–Kier alpha value is -0.390. The molecule has 0 spiro atoms. The van der Waals surface area contributed by atoms with Crippen molar-refractivity contribution in [1.29, 1.82) is 0 Å². The Labute approximate surface area is 130 Å². The van der Waals surface area contributed by atoms with Gasteiger partial charge < -0.3 is 10.6 Å². The third-order valence-corrected chi connectivity index (χ3v) is 4.52. The van der Waals surface area contributed by atoms with E-state index in [4.69, 9.17) is 0 Å². The standard InChI is InChI=1S/C14H18Br2N2O/c15-10-4-6-12(16)13(9-10)18-14(19)7-5-11-3-1-2-8-17-11/h4,6,9,11,17H,1-3,5,7-8H2,(H,18,19). The zero-order valence-electron chi connectivity index (χ0n) is 10.7. The smallest absolute Gasteiger partial charge is 0.224 e. The minimum atomic E-state index is 0.0752. The molecule has 0 saturated carbocycles. The minimum Gasteiger partial charge on any atom is -0.325 e. The molecule has 2 N–H and O–H groups in total. The van der Waals surface area contributed by atoms with Crippen molar-refractivity contribution in [3.05, 3.63) is 27.1 Å². The molecule has 1 unspecified atom stereocenters. The number of piperidine rings is 1. The summed E-state index contributed by atoms with van der Waals surface area (Å²) < 4.78 is 1.86. The maximum absolute atomic E-state index is 11.9. The zero-order chi connectivity index (χ0) is 13.7. The summed E-state index contributed by atoms with van der Waals surface area (Å²) in [5.74, 6) is 0.0752. The molecule has 1 atom stereocenters. The number of hydrogen-bond donors (Lipinski definition) is 2. The third-order valence-electron chi connectivity index (χ3n) is 3.33. The normalized spacial score (nSPS) is 19.2. The lowest BCUT2D eigenvalue weighted by Crippen LogP contribution is -2.34. The first-order valence-corrected chi connectivity index (χ1v) is 8.22. The van der Waals surface area contributed by atoms with Crippen molar-refractivity contribution in [2.75, 3.05) is 11.9 Å². The molecule has 104 valence electrons. The van der Waals surface area contributed by atoms with Gasteiger partial charge in [0.05, 0.1) is 5.69 Å². The number of halogens is 2. The summed E-state index contributed by atoms with van der Waals surface area (Å²) in [5.41, 5.74) is 0.816. The number of anilines is 1. The van der Waals surface area contributed by atoms with Crippen molar-refractivity contribution in [2.24, 2.45) is 0 Å². The Morgan fingerprint density at radius 3 is 2.95 bits per heavy atom. The number of benzene rings is 1. The van der Waals surface area contributed by atoms with E-state index in [1.165, 1.54) is 19.3 Å². The van der Waals surface area contributed by atoms with Crippen molar-refractivity contribution in [3.8, 4) is 0 Å². The Morgan fingerprint density at radius 2 is 2.21 bits per heavy atom. The van der Waals surface area contributed by atoms with Crippen LogP contribution in [0.15, 0.2) is 27.1 Å². The topological polar surface area (TPSA) is 41.1 Å². The molecule has 0 radical (unpaired) electrons. The quantitative estimate of drug-likeness (QED) is 0.814. The maximum atomic E-state index is 11.9. The summed E-state index contributed by atoms with van der Waals surface area (Å²) in [6, 6.07) is 6.26. The van der Waals surface area contributed by atoms with Crippen LogP contribution in [0.1, 0.15) is 32.1 Å². The first-order chi connectivity index (χ1) is 9.15. The highest BCUT2D eigenvalue weighted by Gasteiger charge is 2.14. The highest BCUT2D eigenvalue weighted by molar-refractivity contribution is 9.11. The molecule has 1 amide bonds. The van der Waals surface area contributed by atoms with Crippen molar-refractivity contribution in [1.82, 2.24) is 5.32 Å². The molecule has 1 aromatic carbocycles. The number of carbonyl (C=O) groups excluding carboxylic acids is 1. The second-order valence-corrected chi connectivity index (χ2v) is 6.63. The molecular weight excluding hydrogens is 372 g/mol. The van der Waals surface area contributed by atoms with E-state index in [1.54, 1.807) is 0 Å². The Bertz CT molecular complexity index is 445. The molecule has 1 heterocycles. The average Bonchev–Trinajstić information content (AvgIpc) is 2.42. The van der Waals surface area contributed by atoms with Crippen LogP contribution in [0.25, 0.3) is 0 Å². The molecule has 19 heavy (non-hydrogen) atoms. The van der Waals surface area contributed by atoms with Crippen LogP contribution in [0.4, 0.5) is 5.69 Å². The molecule has 2 rings (SSSR count). The van der Waals surface area contributed by atoms with Crippen LogP contribution in [-0.2, 0) is 4.79 Å². The fourth-order valence-electron chi connectivity index (χ4n) is 2.28. The van der Waals surface area contributed by atoms with Gasteiger partial charge in [-0.15, -0.1) is 0 Å². The largest absolute Gasteiger partial charge is 0.325 e. The first kappa shape index (κ1) is 15.0. The molecule has 1 fully saturated rings. The van der Waals surface area contributed by atoms with Crippen molar-refractivity contribution in [3.63, 3.8) is 0 Å². The molecular formula is C14H18Br2N2O. The fraction of sp³-hybridized carbons (Fsp3) is 0.500. The minimum absolute atomic E-state index is 0.0752. The summed E-state index contributed by atoms with van der Waals surface area (Å²) in [4.78, 5) is 11.9. The molecule has 1 aliphatic rings. The first-order valence-electron chi connectivity index (χ1n) is 6.63. The van der Waals surface area contributed by atoms with Crippen LogP contribution in [0.5, 0.6) is 0 Å². The monoisotopic (exact) mass is 388 g/mol. The van der Waals surface area contributed by atoms with Crippen LogP contribution in [0.3, 0.4) is 0 Å². The lowest BCUT2D eigenvalue weighted by atomic mass is 10.0. The Balaban J connectivity index is 1.81. The second kappa shape index (κ2) is 7.41. The average molecular weight is 390 g/mol. The predicted molar refractivity (Wildman–Crippen MR) is 85.3 cm³/mol. The van der Waals surface area contributed by atoms with Gasteiger partial charge in [-0.2, -0.15) is 0 Å². The van der Waals surface area contributed by atoms with Gasteiger partial charge in [-0.1, -0.05) is 22.4 Å². The van der Waals surface area contributed by atoms with Gasteiger partial charge in [0.15, 0.2) is 0 Å². The van der Waals surface area contributed by atoms with E-state index in [0.29, 0.717) is 12.5 Å². The summed E-state index contributed by atoms with van der Waals surface area (Å²) in [5, 5.41) is 6.41. The van der Waals surface area contributed by atoms with Gasteiger partial charge in [0.1, 0.15) is 0 Å². The summed E-state index contributed by atoms with van der Waals surface area (Å²) >= 11 is 6.84. The van der Waals surface area contributed by atoms with E-state index in [9.17, 15) is 4.79 Å². The predicted octanol–water partition coefficient (Wildman–Crippen LogP) is 4.07. The Kier molecular flexibility index (Phi) is 5.85. The lowest BCUT2D eigenvalue weighted by Gasteiger charge is -2.23. The van der Waals surface area contributed by atoms with E-state index in [0.717, 1.165) is 27.6 Å². The highest BCUT2D eigenvalue weighted by atomic mass is 79.9. The van der Waals surface area contributed by atoms with E-state index < -0.39 is 0 Å². The second-order valence-electron chi connectivity index (χ2n) is 4.86. The number of amides is 1. The van der Waals surface area contributed by atoms with Crippen molar-refractivity contribution < 1.29 is 4.79 Å². The lowest BCUT2D eigenvalue weighted by molar-refractivity contribution is -0.116. The highest BCUT2D eigenvalue weighted by Crippen LogP contribution is 2.26. The number of rotatable bonds is 4. The number of hydrogen-bond acceptors (Lipinski definition) is 2. The summed E-state index contributed by atoms with van der Waals surface area (Å²) in [6.45, 7) is 1.09. The Morgan fingerprint density at radius 1 is 1.37 bits per heavy atom. The fourth-order valence-corrected chi connectivity index (χ4v) is 2.99. The van der Waals surface area contributed by atoms with Crippen LogP contribution >= 0.6 is 31.9 Å². The van der Waals surface area contributed by atoms with E-state index >= 15 is 0 Å². The molecule has 1 aliphatic heterocycles. The molecule has 1 aromatic rings. The van der Waals surface area contributed by atoms with E-state index in [-0.39, 0.29) is 5.91 Å². The molecule has 5 heteroatoms. The molecule has 3 nitrogen and oxygen atoms in total. The van der Waals surface area contributed by atoms with Crippen molar-refractivity contribution >= 4 is 43.5 Å². The SMILES string of the molecule is O=C(CCC1CCCCN1)Nc1cc(Br)ccc1Br. The summed E-state index contributed by atoms with van der Waals surface area (Å²) in [7, 11) is 0. The van der Waals surface area contributed by atoms with Crippen LogP contribution in [-0.4, -0.2) is 18.5 Å². The van der Waals surface area contributed by atoms with Crippen LogP contribution in [0.2, 0.25) is 0 Å². The van der Waals surface area contributed by atoms with Gasteiger partial charge >= 0.3 is 0 Å². The van der Waals surface area contributed by atoms with E-state index in [2.05, 4.69) is 42.5 Å². The van der Waals surface area contributed by atoms with Gasteiger partial charge in [-0.05, 0) is 59.9 Å². The van der Waals surface area contributed by atoms with Crippen LogP contribution < -0.4 is 10.6 Å². The summed E-state index contributed by atoms with van der Waals surface area (Å²) in [6.07, 6.45) is 5.20. The van der Waals surface area contributed by atoms with Gasteiger partial charge in [-0.3, -0.25) is 4.79 Å². The molecule has 1 saturated heterocycles. The van der Waals surface area contributed by atoms with Gasteiger partial charge in [0, 0.05) is 21.4 Å². The molecule has 0 aromatic heterocycles. The van der Waals surface area contributed by atoms with Gasteiger partial charge in [0.2, 0.25) is 5.91 Å². The van der Waals surface area contributed by atoms with Gasteiger partial charge in [-0.25, -0.2) is 0 Å².